The molecule has 1 aliphatic rings. The van der Waals surface area contributed by atoms with Gasteiger partial charge in [0.25, 0.3) is 0 Å². The Morgan fingerprint density at radius 3 is 2.07 bits per heavy atom. The fourth-order valence-electron chi connectivity index (χ4n) is 4.73. The van der Waals surface area contributed by atoms with Gasteiger partial charge in [0.1, 0.15) is 23.4 Å². The minimum absolute atomic E-state index is 0.0488. The van der Waals surface area contributed by atoms with Crippen molar-refractivity contribution >= 4 is 34.9 Å². The number of benzene rings is 2. The van der Waals surface area contributed by atoms with Crippen molar-refractivity contribution in [3.63, 3.8) is 0 Å². The van der Waals surface area contributed by atoms with Crippen molar-refractivity contribution in [2.24, 2.45) is 11.8 Å². The quantitative estimate of drug-likeness (QED) is 0.298. The number of fused-ring (bicyclic) bond motifs is 1. The third kappa shape index (κ3) is 9.41. The van der Waals surface area contributed by atoms with Crippen molar-refractivity contribution in [1.29, 1.82) is 0 Å². The Bertz CT molecular complexity index is 1270. The third-order valence-corrected chi connectivity index (χ3v) is 6.69. The number of carbonyl (C=O) groups excluding carboxylic acids is 4. The van der Waals surface area contributed by atoms with Gasteiger partial charge in [-0.2, -0.15) is 4.90 Å². The van der Waals surface area contributed by atoms with Crippen LogP contribution in [0.3, 0.4) is 0 Å². The van der Waals surface area contributed by atoms with Crippen LogP contribution in [-0.2, 0) is 39.7 Å². The number of amides is 2. The maximum Gasteiger partial charge on any atom is 0.420 e. The molecule has 0 aromatic heterocycles. The molecule has 10 nitrogen and oxygen atoms in total. The SMILES string of the molecule is CC(C)C(=O)OC1C(Cc2cccc3ccccc23)COCC(N(C(=O)OC(C)(C)C)C(=O)OC(C)(C)C)C(=O)OC1C. The molecule has 1 fully saturated rings. The molecule has 3 rings (SSSR count). The summed E-state index contributed by atoms with van der Waals surface area (Å²) in [7, 11) is 0. The molecule has 0 aliphatic carbocycles. The van der Waals surface area contributed by atoms with E-state index in [1.165, 1.54) is 0 Å². The Kier molecular flexibility index (Phi) is 10.8. The van der Waals surface area contributed by atoms with Crippen LogP contribution in [0.4, 0.5) is 9.59 Å². The lowest BCUT2D eigenvalue weighted by atomic mass is 9.89. The Morgan fingerprint density at radius 2 is 1.49 bits per heavy atom. The van der Waals surface area contributed by atoms with Crippen molar-refractivity contribution < 1.29 is 42.9 Å². The first-order chi connectivity index (χ1) is 20.0. The summed E-state index contributed by atoms with van der Waals surface area (Å²) in [6.45, 7) is 14.6. The summed E-state index contributed by atoms with van der Waals surface area (Å²) in [4.78, 5) is 53.6. The van der Waals surface area contributed by atoms with E-state index in [4.69, 9.17) is 23.7 Å². The zero-order valence-corrected chi connectivity index (χ0v) is 26.7. The number of hydrogen-bond acceptors (Lipinski definition) is 9. The molecule has 1 heterocycles. The summed E-state index contributed by atoms with van der Waals surface area (Å²) in [5, 5.41) is 2.10. The van der Waals surface area contributed by atoms with Crippen molar-refractivity contribution in [2.75, 3.05) is 13.2 Å². The van der Waals surface area contributed by atoms with Gasteiger partial charge in [0.05, 0.1) is 19.1 Å². The number of cyclic esters (lactones) is 1. The first kappa shape index (κ1) is 33.8. The highest BCUT2D eigenvalue weighted by Gasteiger charge is 2.44. The molecule has 4 unspecified atom stereocenters. The maximum atomic E-state index is 13.6. The number of carbonyl (C=O) groups is 4. The highest BCUT2D eigenvalue weighted by atomic mass is 16.6. The lowest BCUT2D eigenvalue weighted by Gasteiger charge is -2.33. The standard InChI is InChI=1S/C33H45NO9/c1-20(2)28(35)41-27-21(3)40-29(36)26(34(30(37)42-32(4,5)6)31(38)43-33(7,8)9)19-39-18-24(27)17-23-15-12-14-22-13-10-11-16-25(22)23/h10-16,20-21,24,26-27H,17-19H2,1-9H3. The second kappa shape index (κ2) is 13.8. The average molecular weight is 600 g/mol. The molecule has 1 saturated heterocycles. The van der Waals surface area contributed by atoms with E-state index in [2.05, 4.69) is 0 Å². The first-order valence-electron chi connectivity index (χ1n) is 14.7. The molecule has 0 radical (unpaired) electrons. The van der Waals surface area contributed by atoms with E-state index < -0.39 is 65.4 Å². The summed E-state index contributed by atoms with van der Waals surface area (Å²) in [5.41, 5.74) is -0.919. The molecule has 0 spiro atoms. The van der Waals surface area contributed by atoms with E-state index in [1.807, 2.05) is 42.5 Å². The molecule has 43 heavy (non-hydrogen) atoms. The first-order valence-corrected chi connectivity index (χ1v) is 14.7. The van der Waals surface area contributed by atoms with E-state index in [0.717, 1.165) is 16.3 Å². The van der Waals surface area contributed by atoms with Gasteiger partial charge in [-0.15, -0.1) is 0 Å². The van der Waals surface area contributed by atoms with Gasteiger partial charge < -0.3 is 23.7 Å². The summed E-state index contributed by atoms with van der Waals surface area (Å²) in [6.07, 6.45) is -3.50. The predicted molar refractivity (Wildman–Crippen MR) is 160 cm³/mol. The van der Waals surface area contributed by atoms with Crippen molar-refractivity contribution in [3.8, 4) is 0 Å². The molecule has 1 aliphatic heterocycles. The Balaban J connectivity index is 2.00. The van der Waals surface area contributed by atoms with Gasteiger partial charge in [0, 0.05) is 5.92 Å². The van der Waals surface area contributed by atoms with Crippen LogP contribution in [-0.4, -0.2) is 71.7 Å². The third-order valence-electron chi connectivity index (χ3n) is 6.69. The average Bonchev–Trinajstić information content (AvgIpc) is 2.92. The lowest BCUT2D eigenvalue weighted by Crippen LogP contribution is -2.54. The van der Waals surface area contributed by atoms with Crippen LogP contribution in [0.5, 0.6) is 0 Å². The molecule has 2 aromatic carbocycles. The zero-order chi connectivity index (χ0) is 32.1. The van der Waals surface area contributed by atoms with E-state index in [9.17, 15) is 19.2 Å². The second-order valence-corrected chi connectivity index (χ2v) is 13.2. The minimum Gasteiger partial charge on any atom is -0.458 e. The fourth-order valence-corrected chi connectivity index (χ4v) is 4.73. The topological polar surface area (TPSA) is 118 Å². The van der Waals surface area contributed by atoms with Gasteiger partial charge in [-0.05, 0) is 71.2 Å². The van der Waals surface area contributed by atoms with Crippen LogP contribution in [0.1, 0.15) is 67.9 Å². The molecular weight excluding hydrogens is 554 g/mol. The van der Waals surface area contributed by atoms with Gasteiger partial charge in [0.2, 0.25) is 0 Å². The summed E-state index contributed by atoms with van der Waals surface area (Å²) in [6, 6.07) is 12.4. The number of rotatable bonds is 5. The zero-order valence-electron chi connectivity index (χ0n) is 26.7. The summed E-state index contributed by atoms with van der Waals surface area (Å²) < 4.78 is 28.7. The normalized spacial score (nSPS) is 21.7. The number of imide groups is 1. The Labute approximate surface area is 253 Å². The summed E-state index contributed by atoms with van der Waals surface area (Å²) in [5.74, 6) is -2.21. The molecule has 4 atom stereocenters. The lowest BCUT2D eigenvalue weighted by molar-refractivity contribution is -0.174. The highest BCUT2D eigenvalue weighted by molar-refractivity contribution is 5.94. The van der Waals surface area contributed by atoms with Crippen LogP contribution < -0.4 is 0 Å². The Morgan fingerprint density at radius 1 is 0.907 bits per heavy atom. The van der Waals surface area contributed by atoms with Crippen LogP contribution >= 0.6 is 0 Å². The van der Waals surface area contributed by atoms with E-state index in [0.29, 0.717) is 11.3 Å². The fraction of sp³-hybridized carbons (Fsp3) is 0.576. The number of esters is 2. The van der Waals surface area contributed by atoms with Gasteiger partial charge in [-0.25, -0.2) is 14.4 Å². The molecule has 0 saturated carbocycles. The van der Waals surface area contributed by atoms with Crippen molar-refractivity contribution in [1.82, 2.24) is 4.90 Å². The Hall–Kier alpha value is -3.66. The second-order valence-electron chi connectivity index (χ2n) is 13.2. The number of ether oxygens (including phenoxy) is 5. The van der Waals surface area contributed by atoms with Crippen molar-refractivity contribution in [2.45, 2.75) is 98.2 Å². The largest absolute Gasteiger partial charge is 0.458 e. The van der Waals surface area contributed by atoms with E-state index in [1.54, 1.807) is 62.3 Å². The van der Waals surface area contributed by atoms with Gasteiger partial charge in [-0.1, -0.05) is 56.3 Å². The molecule has 236 valence electrons. The van der Waals surface area contributed by atoms with Crippen LogP contribution in [0, 0.1) is 11.8 Å². The molecule has 2 aromatic rings. The maximum absolute atomic E-state index is 13.6. The molecular formula is C33H45NO9. The highest BCUT2D eigenvalue weighted by Crippen LogP contribution is 2.28. The van der Waals surface area contributed by atoms with E-state index >= 15 is 0 Å². The number of nitrogens with zero attached hydrogens (tertiary/aromatic N) is 1. The van der Waals surface area contributed by atoms with Crippen LogP contribution in [0.25, 0.3) is 10.8 Å². The minimum atomic E-state index is -1.51. The smallest absolute Gasteiger partial charge is 0.420 e. The van der Waals surface area contributed by atoms with E-state index in [-0.39, 0.29) is 13.2 Å². The predicted octanol–water partition coefficient (Wildman–Crippen LogP) is 6.07. The monoisotopic (exact) mass is 599 g/mol. The molecule has 10 heteroatoms. The van der Waals surface area contributed by atoms with Crippen LogP contribution in [0.15, 0.2) is 42.5 Å². The van der Waals surface area contributed by atoms with Crippen LogP contribution in [0.2, 0.25) is 0 Å². The summed E-state index contributed by atoms with van der Waals surface area (Å²) >= 11 is 0. The van der Waals surface area contributed by atoms with Crippen molar-refractivity contribution in [3.05, 3.63) is 48.0 Å². The van der Waals surface area contributed by atoms with Gasteiger partial charge >= 0.3 is 24.1 Å². The number of hydrogen-bond donors (Lipinski definition) is 0. The van der Waals surface area contributed by atoms with Gasteiger partial charge in [0.15, 0.2) is 6.04 Å². The molecule has 0 bridgehead atoms. The molecule has 0 N–H and O–H groups in total. The molecule has 2 amide bonds. The van der Waals surface area contributed by atoms with Gasteiger partial charge in [-0.3, -0.25) is 4.79 Å².